The second kappa shape index (κ2) is 13.9. The Morgan fingerprint density at radius 2 is 1.15 bits per heavy atom. The fourth-order valence-electron chi connectivity index (χ4n) is 5.78. The van der Waals surface area contributed by atoms with Crippen LogP contribution in [0.1, 0.15) is 20.8 Å². The Morgan fingerprint density at radius 1 is 0.635 bits per heavy atom. The smallest absolute Gasteiger partial charge is 0.361 e. The van der Waals surface area contributed by atoms with Gasteiger partial charge in [0.1, 0.15) is 29.2 Å². The van der Waals surface area contributed by atoms with Gasteiger partial charge < -0.3 is 54.4 Å². The van der Waals surface area contributed by atoms with Gasteiger partial charge in [-0.15, -0.1) is 0 Å². The Labute approximate surface area is 295 Å². The molecular formula is C37H36N4O11. The number of nitrogens with two attached hydrogens (primary N) is 3. The molecule has 0 saturated carbocycles. The molecule has 6 rings (SSSR count). The second-order valence-electron chi connectivity index (χ2n) is 12.1. The van der Waals surface area contributed by atoms with Gasteiger partial charge in [-0.3, -0.25) is 0 Å². The average molecular weight is 713 g/mol. The van der Waals surface area contributed by atoms with Crippen LogP contribution in [0.3, 0.4) is 0 Å². The van der Waals surface area contributed by atoms with Crippen LogP contribution < -0.4 is 51.2 Å². The molecule has 0 unspecified atom stereocenters. The third kappa shape index (κ3) is 6.21. The molecule has 0 amide bonds. The van der Waals surface area contributed by atoms with E-state index in [9.17, 15) is 19.2 Å². The molecule has 3 heterocycles. The van der Waals surface area contributed by atoms with Gasteiger partial charge in [-0.1, -0.05) is 6.07 Å². The summed E-state index contributed by atoms with van der Waals surface area (Å²) in [5.74, 6) is -1.19. The van der Waals surface area contributed by atoms with Crippen LogP contribution in [0, 0.1) is 0 Å². The minimum Gasteiger partial charge on any atom is -0.493 e. The van der Waals surface area contributed by atoms with Crippen molar-refractivity contribution in [1.82, 2.24) is 4.40 Å². The molecule has 0 aliphatic rings. The lowest BCUT2D eigenvalue weighted by atomic mass is 9.97. The number of carbonyl (C=O) groups excluding carboxylic acids is 3. The predicted molar refractivity (Wildman–Crippen MR) is 191 cm³/mol. The summed E-state index contributed by atoms with van der Waals surface area (Å²) in [6.07, 6.45) is 1.68. The minimum atomic E-state index is -0.934. The number of aromatic nitrogens is 1. The van der Waals surface area contributed by atoms with Gasteiger partial charge in [0.25, 0.3) is 0 Å². The van der Waals surface area contributed by atoms with Crippen molar-refractivity contribution in [2.24, 2.45) is 17.2 Å². The fraction of sp³-hybridized carbons (Fsp3) is 0.243. The summed E-state index contributed by atoms with van der Waals surface area (Å²) in [5, 5.41) is 2.09. The molecule has 0 radical (unpaired) electrons. The molecule has 0 spiro atoms. The zero-order valence-electron chi connectivity index (χ0n) is 29.1. The lowest BCUT2D eigenvalue weighted by Gasteiger charge is -2.15. The van der Waals surface area contributed by atoms with Crippen LogP contribution in [0.4, 0.5) is 0 Å². The van der Waals surface area contributed by atoms with E-state index in [-0.39, 0.29) is 45.6 Å². The van der Waals surface area contributed by atoms with Crippen LogP contribution in [0.25, 0.3) is 49.3 Å². The molecule has 0 aliphatic heterocycles. The average Bonchev–Trinajstić information content (AvgIpc) is 3.47. The first-order valence-electron chi connectivity index (χ1n) is 16.0. The van der Waals surface area contributed by atoms with E-state index >= 15 is 0 Å². The van der Waals surface area contributed by atoms with Crippen molar-refractivity contribution in [3.8, 4) is 45.6 Å². The largest absolute Gasteiger partial charge is 0.493 e. The Kier molecular flexibility index (Phi) is 9.51. The Balaban J connectivity index is 1.75. The van der Waals surface area contributed by atoms with Crippen LogP contribution in [0.5, 0.6) is 34.5 Å². The molecule has 3 aromatic carbocycles. The highest BCUT2D eigenvalue weighted by Gasteiger charge is 2.27. The number of nitrogens with zero attached hydrogens (tertiary/aromatic N) is 1. The summed E-state index contributed by atoms with van der Waals surface area (Å²) < 4.78 is 41.0. The number of hydrogen-bond donors (Lipinski definition) is 3. The fourth-order valence-corrected chi connectivity index (χ4v) is 5.78. The molecule has 15 heteroatoms. The van der Waals surface area contributed by atoms with Crippen LogP contribution in [-0.2, 0) is 14.4 Å². The second-order valence-corrected chi connectivity index (χ2v) is 12.1. The van der Waals surface area contributed by atoms with Crippen LogP contribution in [0.15, 0.2) is 63.9 Å². The Hall–Kier alpha value is -6.16. The van der Waals surface area contributed by atoms with Crippen molar-refractivity contribution in [3.63, 3.8) is 0 Å². The zero-order valence-corrected chi connectivity index (χ0v) is 29.1. The van der Waals surface area contributed by atoms with Crippen molar-refractivity contribution < 1.29 is 47.2 Å². The number of pyridine rings is 1. The lowest BCUT2D eigenvalue weighted by Crippen LogP contribution is -2.31. The topological polar surface area (TPSA) is 219 Å². The first-order valence-corrected chi connectivity index (χ1v) is 16.0. The van der Waals surface area contributed by atoms with E-state index in [4.69, 9.17) is 50.0 Å². The van der Waals surface area contributed by atoms with Crippen LogP contribution >= 0.6 is 0 Å². The number of hydrogen-bond acceptors (Lipinski definition) is 14. The maximum absolute atomic E-state index is 14.0. The van der Waals surface area contributed by atoms with Crippen molar-refractivity contribution >= 4 is 56.1 Å². The molecule has 15 nitrogen and oxygen atoms in total. The molecule has 52 heavy (non-hydrogen) atoms. The number of carbonyl (C=O) groups is 3. The van der Waals surface area contributed by atoms with Crippen LogP contribution in [-0.4, -0.2) is 61.8 Å². The van der Waals surface area contributed by atoms with Crippen molar-refractivity contribution in [2.75, 3.05) is 21.3 Å². The van der Waals surface area contributed by atoms with E-state index < -0.39 is 41.7 Å². The number of methoxy groups -OCH3 is 3. The van der Waals surface area contributed by atoms with Gasteiger partial charge in [0.2, 0.25) is 0 Å². The van der Waals surface area contributed by atoms with Crippen molar-refractivity contribution in [1.29, 1.82) is 0 Å². The summed E-state index contributed by atoms with van der Waals surface area (Å²) in [6.45, 7) is 4.48. The van der Waals surface area contributed by atoms with Gasteiger partial charge in [-0.2, -0.15) is 0 Å². The molecule has 6 aromatic rings. The molecule has 6 N–H and O–H groups in total. The first kappa shape index (κ1) is 35.7. The number of fused-ring (bicyclic) bond motifs is 7. The van der Waals surface area contributed by atoms with Crippen molar-refractivity contribution in [2.45, 2.75) is 38.9 Å². The number of esters is 3. The number of benzene rings is 3. The molecule has 270 valence electrons. The molecule has 3 aromatic heterocycles. The first-order chi connectivity index (χ1) is 24.8. The summed E-state index contributed by atoms with van der Waals surface area (Å²) in [5.41, 5.74) is 18.4. The van der Waals surface area contributed by atoms with Gasteiger partial charge in [-0.05, 0) is 68.1 Å². The Morgan fingerprint density at radius 3 is 1.71 bits per heavy atom. The normalized spacial score (nSPS) is 13.2. The number of ether oxygens (including phenoxy) is 6. The van der Waals surface area contributed by atoms with Gasteiger partial charge in [0, 0.05) is 34.0 Å². The summed E-state index contributed by atoms with van der Waals surface area (Å²) >= 11 is 0. The highest BCUT2D eigenvalue weighted by molar-refractivity contribution is 6.22. The maximum atomic E-state index is 14.0. The third-order valence-electron chi connectivity index (χ3n) is 8.33. The molecule has 0 bridgehead atoms. The van der Waals surface area contributed by atoms with Gasteiger partial charge in [-0.25, -0.2) is 19.2 Å². The monoisotopic (exact) mass is 712 g/mol. The van der Waals surface area contributed by atoms with E-state index in [0.29, 0.717) is 38.2 Å². The van der Waals surface area contributed by atoms with Crippen LogP contribution in [0.2, 0.25) is 0 Å². The molecule has 3 atom stereocenters. The highest BCUT2D eigenvalue weighted by Crippen LogP contribution is 2.46. The Bertz CT molecular complexity index is 2480. The number of rotatable bonds is 10. The molecule has 0 saturated heterocycles. The van der Waals surface area contributed by atoms with Gasteiger partial charge >= 0.3 is 23.5 Å². The van der Waals surface area contributed by atoms with E-state index in [1.54, 1.807) is 53.1 Å². The summed E-state index contributed by atoms with van der Waals surface area (Å²) in [4.78, 5) is 51.3. The highest BCUT2D eigenvalue weighted by atomic mass is 16.6. The minimum absolute atomic E-state index is 0.00357. The third-order valence-corrected chi connectivity index (χ3v) is 8.33. The van der Waals surface area contributed by atoms with E-state index in [1.807, 2.05) is 0 Å². The van der Waals surface area contributed by atoms with Gasteiger partial charge in [0.15, 0.2) is 34.5 Å². The van der Waals surface area contributed by atoms with E-state index in [1.165, 1.54) is 48.2 Å². The van der Waals surface area contributed by atoms with Crippen molar-refractivity contribution in [3.05, 3.63) is 65.1 Å². The quantitative estimate of drug-likeness (QED) is 0.105. The molecular weight excluding hydrogens is 676 g/mol. The summed E-state index contributed by atoms with van der Waals surface area (Å²) in [7, 11) is 4.25. The maximum Gasteiger partial charge on any atom is 0.361 e. The molecule has 0 aliphatic carbocycles. The predicted octanol–water partition coefficient (Wildman–Crippen LogP) is 3.80. The van der Waals surface area contributed by atoms with E-state index in [2.05, 4.69) is 0 Å². The summed E-state index contributed by atoms with van der Waals surface area (Å²) in [6, 6.07) is 10.2. The zero-order chi connectivity index (χ0) is 37.6. The van der Waals surface area contributed by atoms with Gasteiger partial charge in [0.05, 0.1) is 26.8 Å². The lowest BCUT2D eigenvalue weighted by molar-refractivity contribution is -0.136. The SMILES string of the molecule is COc1cc(-c2c3c4cc(OC)c(OC(=O)[C@H](C)N)cc4oc(=O)c3n3ccc4cc(OC(=O)[C@H](C)N)c(OC)cc4c23)ccc1OC(=O)[C@H](C)N. The molecule has 0 fully saturated rings. The standard InChI is InChI=1S/C37H36N4O11/c1-16(38)34(42)49-23-8-7-20(12-25(23)46-4)30-31-22-14-27(48-6)29(52-36(44)18(3)40)15-24(22)50-37(45)33(31)41-10-9-19-11-28(51-35(43)17(2)39)26(47-5)13-21(19)32(30)41/h7-18H,38-40H2,1-6H3/t16-,17-,18-/m0/s1. The van der Waals surface area contributed by atoms with E-state index in [0.717, 1.165) is 0 Å².